The van der Waals surface area contributed by atoms with E-state index < -0.39 is 0 Å². The number of nitrogens with zero attached hydrogens (tertiary/aromatic N) is 4. The first-order chi connectivity index (χ1) is 10.8. The average molecular weight is 317 g/mol. The molecule has 1 fully saturated rings. The van der Waals surface area contributed by atoms with E-state index in [2.05, 4.69) is 20.8 Å². The molecular formula is C15H19N5OS. The van der Waals surface area contributed by atoms with Crippen molar-refractivity contribution in [2.75, 3.05) is 5.75 Å². The van der Waals surface area contributed by atoms with Gasteiger partial charge in [-0.25, -0.2) is 4.68 Å². The highest BCUT2D eigenvalue weighted by Crippen LogP contribution is 2.19. The van der Waals surface area contributed by atoms with E-state index >= 15 is 0 Å². The van der Waals surface area contributed by atoms with Crippen molar-refractivity contribution in [3.8, 4) is 0 Å². The van der Waals surface area contributed by atoms with Gasteiger partial charge in [-0.15, -0.1) is 5.10 Å². The third-order valence-electron chi connectivity index (χ3n) is 3.73. The van der Waals surface area contributed by atoms with Crippen molar-refractivity contribution < 1.29 is 4.79 Å². The van der Waals surface area contributed by atoms with Crippen molar-refractivity contribution in [1.29, 1.82) is 0 Å². The fraction of sp³-hybridized carbons (Fsp3) is 0.467. The summed E-state index contributed by atoms with van der Waals surface area (Å²) >= 11 is 1.38. The molecular weight excluding hydrogens is 298 g/mol. The van der Waals surface area contributed by atoms with Crippen molar-refractivity contribution in [3.05, 3.63) is 35.9 Å². The molecule has 1 N–H and O–H groups in total. The lowest BCUT2D eigenvalue weighted by Gasteiger charge is -2.11. The van der Waals surface area contributed by atoms with Crippen LogP contribution in [0.5, 0.6) is 0 Å². The predicted octanol–water partition coefficient (Wildman–Crippen LogP) is 1.87. The Labute approximate surface area is 133 Å². The minimum Gasteiger partial charge on any atom is -0.353 e. The molecule has 3 rings (SSSR count). The smallest absolute Gasteiger partial charge is 0.230 e. The molecule has 22 heavy (non-hydrogen) atoms. The maximum atomic E-state index is 12.0. The largest absolute Gasteiger partial charge is 0.353 e. The van der Waals surface area contributed by atoms with E-state index in [1.54, 1.807) is 4.68 Å². The van der Waals surface area contributed by atoms with Gasteiger partial charge in [-0.3, -0.25) is 4.79 Å². The maximum absolute atomic E-state index is 12.0. The number of nitrogens with one attached hydrogen (secondary N) is 1. The minimum absolute atomic E-state index is 0.0613. The first-order valence-corrected chi connectivity index (χ1v) is 8.52. The molecule has 0 spiro atoms. The first-order valence-electron chi connectivity index (χ1n) is 7.53. The van der Waals surface area contributed by atoms with Crippen LogP contribution >= 0.6 is 11.8 Å². The molecule has 1 saturated carbocycles. The fourth-order valence-electron chi connectivity index (χ4n) is 2.62. The molecule has 1 aliphatic carbocycles. The number of hydrogen-bond acceptors (Lipinski definition) is 5. The zero-order valence-electron chi connectivity index (χ0n) is 12.3. The van der Waals surface area contributed by atoms with Crippen LogP contribution in [0.2, 0.25) is 0 Å². The van der Waals surface area contributed by atoms with E-state index in [-0.39, 0.29) is 5.91 Å². The van der Waals surface area contributed by atoms with E-state index in [1.807, 2.05) is 30.3 Å². The van der Waals surface area contributed by atoms with E-state index in [9.17, 15) is 4.79 Å². The van der Waals surface area contributed by atoms with Crippen LogP contribution in [0.25, 0.3) is 0 Å². The topological polar surface area (TPSA) is 72.7 Å². The van der Waals surface area contributed by atoms with Gasteiger partial charge in [-0.1, -0.05) is 54.9 Å². The van der Waals surface area contributed by atoms with E-state index in [0.717, 1.165) is 18.4 Å². The van der Waals surface area contributed by atoms with Crippen molar-refractivity contribution >= 4 is 17.7 Å². The Bertz CT molecular complexity index is 609. The third kappa shape index (κ3) is 4.07. The molecule has 1 amide bonds. The van der Waals surface area contributed by atoms with Crippen LogP contribution in [0.4, 0.5) is 0 Å². The number of benzene rings is 1. The second-order valence-corrected chi connectivity index (χ2v) is 6.38. The molecule has 0 unspecified atom stereocenters. The van der Waals surface area contributed by atoms with Crippen LogP contribution < -0.4 is 5.32 Å². The van der Waals surface area contributed by atoms with Crippen LogP contribution in [0, 0.1) is 0 Å². The van der Waals surface area contributed by atoms with Gasteiger partial charge < -0.3 is 5.32 Å². The normalized spacial score (nSPS) is 15.1. The molecule has 2 aromatic rings. The Balaban J connectivity index is 1.52. The Kier molecular flexibility index (Phi) is 5.05. The highest BCUT2D eigenvalue weighted by Gasteiger charge is 2.18. The number of aromatic nitrogens is 4. The Hall–Kier alpha value is -1.89. The van der Waals surface area contributed by atoms with Crippen LogP contribution in [0.1, 0.15) is 31.2 Å². The molecule has 0 radical (unpaired) electrons. The lowest BCUT2D eigenvalue weighted by atomic mass is 10.2. The van der Waals surface area contributed by atoms with Gasteiger partial charge in [0.2, 0.25) is 11.1 Å². The Morgan fingerprint density at radius 3 is 2.82 bits per heavy atom. The number of hydrogen-bond donors (Lipinski definition) is 1. The van der Waals surface area contributed by atoms with Crippen molar-refractivity contribution in [2.24, 2.45) is 0 Å². The Morgan fingerprint density at radius 2 is 2.05 bits per heavy atom. The summed E-state index contributed by atoms with van der Waals surface area (Å²) in [4.78, 5) is 12.0. The highest BCUT2D eigenvalue weighted by molar-refractivity contribution is 7.99. The van der Waals surface area contributed by atoms with Crippen molar-refractivity contribution in [3.63, 3.8) is 0 Å². The van der Waals surface area contributed by atoms with Crippen LogP contribution in [-0.2, 0) is 11.3 Å². The summed E-state index contributed by atoms with van der Waals surface area (Å²) in [6.07, 6.45) is 4.63. The summed E-state index contributed by atoms with van der Waals surface area (Å²) in [6, 6.07) is 10.4. The quantitative estimate of drug-likeness (QED) is 0.824. The number of tetrazole rings is 1. The lowest BCUT2D eigenvalue weighted by molar-refractivity contribution is -0.119. The predicted molar refractivity (Wildman–Crippen MR) is 84.5 cm³/mol. The standard InChI is InChI=1S/C15H19N5OS/c21-14(16-13-8-4-5-9-13)11-22-15-17-18-19-20(15)10-12-6-2-1-3-7-12/h1-3,6-7,13H,4-5,8-11H2,(H,16,21). The molecule has 1 aliphatic rings. The zero-order valence-corrected chi connectivity index (χ0v) is 13.1. The number of carbonyl (C=O) groups excluding carboxylic acids is 1. The van der Waals surface area contributed by atoms with Crippen LogP contribution in [0.3, 0.4) is 0 Å². The van der Waals surface area contributed by atoms with Crippen molar-refractivity contribution in [2.45, 2.75) is 43.4 Å². The van der Waals surface area contributed by atoms with Gasteiger partial charge in [0.05, 0.1) is 12.3 Å². The molecule has 116 valence electrons. The first kappa shape index (κ1) is 15.0. The maximum Gasteiger partial charge on any atom is 0.230 e. The monoisotopic (exact) mass is 317 g/mol. The summed E-state index contributed by atoms with van der Waals surface area (Å²) in [5.41, 5.74) is 1.13. The number of carbonyl (C=O) groups is 1. The third-order valence-corrected chi connectivity index (χ3v) is 4.68. The molecule has 0 saturated heterocycles. The molecule has 7 heteroatoms. The fourth-order valence-corrected chi connectivity index (χ4v) is 3.31. The summed E-state index contributed by atoms with van der Waals surface area (Å²) in [5.74, 6) is 0.414. The second kappa shape index (κ2) is 7.40. The van der Waals surface area contributed by atoms with Gasteiger partial charge in [-0.05, 0) is 28.8 Å². The van der Waals surface area contributed by atoms with Gasteiger partial charge in [-0.2, -0.15) is 0 Å². The molecule has 0 bridgehead atoms. The molecule has 1 heterocycles. The Morgan fingerprint density at radius 1 is 1.27 bits per heavy atom. The molecule has 0 atom stereocenters. The summed E-state index contributed by atoms with van der Waals surface area (Å²) in [5, 5.41) is 15.5. The minimum atomic E-state index is 0.0613. The van der Waals surface area contributed by atoms with E-state index in [4.69, 9.17) is 0 Å². The molecule has 1 aromatic heterocycles. The van der Waals surface area contributed by atoms with Gasteiger partial charge in [0, 0.05) is 6.04 Å². The van der Waals surface area contributed by atoms with Crippen LogP contribution in [0.15, 0.2) is 35.5 Å². The van der Waals surface area contributed by atoms with Gasteiger partial charge in [0.15, 0.2) is 0 Å². The average Bonchev–Trinajstić information content (AvgIpc) is 3.18. The molecule has 6 nitrogen and oxygen atoms in total. The second-order valence-electron chi connectivity index (χ2n) is 5.44. The number of amides is 1. The van der Waals surface area contributed by atoms with Crippen LogP contribution in [-0.4, -0.2) is 37.9 Å². The molecule has 1 aromatic carbocycles. The zero-order chi connectivity index (χ0) is 15.2. The van der Waals surface area contributed by atoms with E-state index in [0.29, 0.717) is 23.5 Å². The highest BCUT2D eigenvalue weighted by atomic mass is 32.2. The summed E-state index contributed by atoms with van der Waals surface area (Å²) in [7, 11) is 0. The van der Waals surface area contributed by atoms with Gasteiger partial charge >= 0.3 is 0 Å². The SMILES string of the molecule is O=C(CSc1nnnn1Cc1ccccc1)NC1CCCC1. The van der Waals surface area contributed by atoms with Crippen molar-refractivity contribution in [1.82, 2.24) is 25.5 Å². The van der Waals surface area contributed by atoms with Gasteiger partial charge in [0.25, 0.3) is 0 Å². The number of rotatable bonds is 6. The number of thioether (sulfide) groups is 1. The molecule has 0 aliphatic heterocycles. The lowest BCUT2D eigenvalue weighted by Crippen LogP contribution is -2.33. The summed E-state index contributed by atoms with van der Waals surface area (Å²) in [6.45, 7) is 0.612. The summed E-state index contributed by atoms with van der Waals surface area (Å²) < 4.78 is 1.73. The van der Waals surface area contributed by atoms with Gasteiger partial charge in [0.1, 0.15) is 0 Å². The van der Waals surface area contributed by atoms with E-state index in [1.165, 1.54) is 24.6 Å².